The molecule has 0 atom stereocenters. The Kier molecular flexibility index (Phi) is 7.36. The van der Waals surface area contributed by atoms with Gasteiger partial charge >= 0.3 is 5.97 Å². The molecule has 0 aliphatic rings. The molecule has 0 aliphatic carbocycles. The number of rotatable bonds is 7. The predicted octanol–water partition coefficient (Wildman–Crippen LogP) is 6.46. The first kappa shape index (κ1) is 24.3. The lowest BCUT2D eigenvalue weighted by atomic mass is 10.2. The van der Waals surface area contributed by atoms with Crippen molar-refractivity contribution in [3.8, 4) is 11.5 Å². The maximum absolute atomic E-state index is 13.7. The first-order valence-electron chi connectivity index (χ1n) is 10.2. The van der Waals surface area contributed by atoms with Crippen LogP contribution in [0.4, 0.5) is 22.0 Å². The van der Waals surface area contributed by atoms with E-state index in [9.17, 15) is 26.7 Å². The molecule has 35 heavy (non-hydrogen) atoms. The Morgan fingerprint density at radius 2 is 1.03 bits per heavy atom. The van der Waals surface area contributed by atoms with Crippen LogP contribution in [0.25, 0.3) is 0 Å². The molecule has 0 fully saturated rings. The van der Waals surface area contributed by atoms with Crippen molar-refractivity contribution in [3.05, 3.63) is 114 Å². The smallest absolute Gasteiger partial charge is 0.349 e. The minimum atomic E-state index is -2.35. The molecule has 3 nitrogen and oxygen atoms in total. The standard InChI is InChI=1S/C26H16F5O3S/c27-21-22(28)24(30)26(25(31)23(21)29)34-20(32)15-33-16-11-13-19(14-12-16)35(17-7-3-1-4-8-17)18-9-5-2-6-10-18/h1-14H,15H2/q+1. The van der Waals surface area contributed by atoms with Gasteiger partial charge in [-0.25, -0.2) is 18.0 Å². The molecule has 0 amide bonds. The number of hydrogen-bond donors (Lipinski definition) is 0. The highest BCUT2D eigenvalue weighted by Crippen LogP contribution is 2.32. The Morgan fingerprint density at radius 1 is 0.600 bits per heavy atom. The molecular formula is C26H16F5O3S+. The maximum atomic E-state index is 13.7. The van der Waals surface area contributed by atoms with Crippen molar-refractivity contribution in [2.45, 2.75) is 14.7 Å². The van der Waals surface area contributed by atoms with Gasteiger partial charge in [0.1, 0.15) is 5.75 Å². The second-order valence-electron chi connectivity index (χ2n) is 7.07. The van der Waals surface area contributed by atoms with Crippen molar-refractivity contribution >= 4 is 16.9 Å². The summed E-state index contributed by atoms with van der Waals surface area (Å²) in [5.41, 5.74) is 0. The molecule has 4 aromatic carbocycles. The fourth-order valence-corrected chi connectivity index (χ4v) is 5.24. The summed E-state index contributed by atoms with van der Waals surface area (Å²) in [5.74, 6) is -14.0. The highest BCUT2D eigenvalue weighted by Gasteiger charge is 2.30. The van der Waals surface area contributed by atoms with E-state index in [2.05, 4.69) is 4.74 Å². The third-order valence-corrected chi connectivity index (χ3v) is 6.99. The van der Waals surface area contributed by atoms with Gasteiger partial charge in [-0.3, -0.25) is 0 Å². The number of halogens is 5. The minimum Gasteiger partial charge on any atom is -0.482 e. The monoisotopic (exact) mass is 503 g/mol. The predicted molar refractivity (Wildman–Crippen MR) is 119 cm³/mol. The zero-order chi connectivity index (χ0) is 24.9. The van der Waals surface area contributed by atoms with Crippen LogP contribution in [0.1, 0.15) is 0 Å². The third kappa shape index (κ3) is 5.30. The van der Waals surface area contributed by atoms with Gasteiger partial charge in [0.15, 0.2) is 21.3 Å². The van der Waals surface area contributed by atoms with Gasteiger partial charge in [-0.2, -0.15) is 8.78 Å². The molecule has 0 saturated heterocycles. The molecule has 9 heteroatoms. The largest absolute Gasteiger partial charge is 0.482 e. The molecular weight excluding hydrogens is 487 g/mol. The van der Waals surface area contributed by atoms with Gasteiger partial charge in [-0.1, -0.05) is 36.4 Å². The van der Waals surface area contributed by atoms with Gasteiger partial charge in [0.25, 0.3) is 0 Å². The number of carbonyl (C=O) groups is 1. The highest BCUT2D eigenvalue weighted by molar-refractivity contribution is 7.97. The van der Waals surface area contributed by atoms with Crippen LogP contribution in [0.15, 0.2) is 99.6 Å². The number of carbonyl (C=O) groups excluding carboxylic acids is 1. The first-order valence-corrected chi connectivity index (χ1v) is 11.4. The number of benzene rings is 4. The quantitative estimate of drug-likeness (QED) is 0.0725. The summed E-state index contributed by atoms with van der Waals surface area (Å²) in [6.07, 6.45) is 0. The van der Waals surface area contributed by atoms with Crippen molar-refractivity contribution in [1.29, 1.82) is 0 Å². The van der Waals surface area contributed by atoms with Crippen molar-refractivity contribution in [3.63, 3.8) is 0 Å². The summed E-state index contributed by atoms with van der Waals surface area (Å²) < 4.78 is 76.6. The van der Waals surface area contributed by atoms with Crippen LogP contribution in [0, 0.1) is 29.1 Å². The van der Waals surface area contributed by atoms with Gasteiger partial charge in [0.05, 0.1) is 10.9 Å². The number of ether oxygens (including phenoxy) is 2. The molecule has 0 aliphatic heterocycles. The van der Waals surface area contributed by atoms with Crippen LogP contribution in [-0.4, -0.2) is 12.6 Å². The van der Waals surface area contributed by atoms with Crippen LogP contribution in [-0.2, 0) is 15.7 Å². The summed E-state index contributed by atoms with van der Waals surface area (Å²) in [4.78, 5) is 15.1. The lowest BCUT2D eigenvalue weighted by Crippen LogP contribution is -2.20. The van der Waals surface area contributed by atoms with Crippen LogP contribution in [0.2, 0.25) is 0 Å². The molecule has 0 bridgehead atoms. The molecule has 0 N–H and O–H groups in total. The summed E-state index contributed by atoms with van der Waals surface area (Å²) in [6.45, 7) is -0.818. The second-order valence-corrected chi connectivity index (χ2v) is 9.09. The van der Waals surface area contributed by atoms with Gasteiger partial charge in [0, 0.05) is 0 Å². The molecule has 0 radical (unpaired) electrons. The van der Waals surface area contributed by atoms with E-state index in [4.69, 9.17) is 4.74 Å². The van der Waals surface area contributed by atoms with Gasteiger partial charge in [0.2, 0.25) is 34.8 Å². The minimum absolute atomic E-state index is 0.243. The zero-order valence-electron chi connectivity index (χ0n) is 17.8. The van der Waals surface area contributed by atoms with E-state index in [0.29, 0.717) is 0 Å². The van der Waals surface area contributed by atoms with E-state index in [1.165, 1.54) is 0 Å². The second kappa shape index (κ2) is 10.6. The summed E-state index contributed by atoms with van der Waals surface area (Å²) in [5, 5.41) is 0. The van der Waals surface area contributed by atoms with Crippen LogP contribution >= 0.6 is 0 Å². The van der Waals surface area contributed by atoms with Crippen LogP contribution < -0.4 is 9.47 Å². The molecule has 0 heterocycles. The van der Waals surface area contributed by atoms with Crippen molar-refractivity contribution in [2.75, 3.05) is 6.61 Å². The third-order valence-electron chi connectivity index (χ3n) is 4.76. The fourth-order valence-electron chi connectivity index (χ4n) is 3.15. The molecule has 178 valence electrons. The van der Waals surface area contributed by atoms with Crippen molar-refractivity contribution < 1.29 is 36.2 Å². The topological polar surface area (TPSA) is 35.5 Å². The summed E-state index contributed by atoms with van der Waals surface area (Å²) in [6, 6.07) is 26.6. The number of hydrogen-bond acceptors (Lipinski definition) is 3. The average Bonchev–Trinajstić information content (AvgIpc) is 2.90. The first-order chi connectivity index (χ1) is 16.9. The van der Waals surface area contributed by atoms with E-state index in [0.717, 1.165) is 14.7 Å². The normalized spacial score (nSPS) is 10.9. The SMILES string of the molecule is O=C(COc1ccc([S+](c2ccccc2)c2ccccc2)cc1)Oc1c(F)c(F)c(F)c(F)c1F. The summed E-state index contributed by atoms with van der Waals surface area (Å²) in [7, 11) is -0.406. The Labute approximate surface area is 200 Å². The Morgan fingerprint density at radius 3 is 1.51 bits per heavy atom. The van der Waals surface area contributed by atoms with E-state index >= 15 is 0 Å². The number of esters is 1. The molecule has 0 saturated carbocycles. The lowest BCUT2D eigenvalue weighted by Gasteiger charge is -2.11. The molecule has 4 aromatic rings. The molecule has 0 unspecified atom stereocenters. The summed E-state index contributed by atoms with van der Waals surface area (Å²) >= 11 is 0. The van der Waals surface area contributed by atoms with E-state index in [1.807, 2.05) is 72.8 Å². The lowest BCUT2D eigenvalue weighted by molar-refractivity contribution is -0.137. The van der Waals surface area contributed by atoms with Gasteiger partial charge < -0.3 is 9.47 Å². The molecule has 4 rings (SSSR count). The van der Waals surface area contributed by atoms with E-state index < -0.39 is 58.3 Å². The van der Waals surface area contributed by atoms with Crippen LogP contribution in [0.3, 0.4) is 0 Å². The zero-order valence-corrected chi connectivity index (χ0v) is 18.6. The van der Waals surface area contributed by atoms with E-state index in [1.54, 1.807) is 12.1 Å². The average molecular weight is 503 g/mol. The van der Waals surface area contributed by atoms with Crippen LogP contribution in [0.5, 0.6) is 11.5 Å². The fraction of sp³-hybridized carbons (Fsp3) is 0.0385. The molecule has 0 aromatic heterocycles. The van der Waals surface area contributed by atoms with Crippen molar-refractivity contribution in [2.24, 2.45) is 0 Å². The highest BCUT2D eigenvalue weighted by atomic mass is 32.2. The molecule has 0 spiro atoms. The van der Waals surface area contributed by atoms with Gasteiger partial charge in [-0.05, 0) is 48.5 Å². The van der Waals surface area contributed by atoms with Gasteiger partial charge in [-0.15, -0.1) is 0 Å². The Bertz CT molecular complexity index is 1260. The van der Waals surface area contributed by atoms with Crippen molar-refractivity contribution in [1.82, 2.24) is 0 Å². The Balaban J connectivity index is 1.48. The Hall–Kier alpha value is -3.85. The van der Waals surface area contributed by atoms with E-state index in [-0.39, 0.29) is 5.75 Å². The maximum Gasteiger partial charge on any atom is 0.349 e.